The van der Waals surface area contributed by atoms with Crippen LogP contribution in [0.1, 0.15) is 29.6 Å². The second-order valence-corrected chi connectivity index (χ2v) is 5.56. The molecule has 0 heterocycles. The zero-order valence-electron chi connectivity index (χ0n) is 10.0. The Labute approximate surface area is 118 Å². The van der Waals surface area contributed by atoms with Gasteiger partial charge in [-0.15, -0.1) is 0 Å². The zero-order valence-corrected chi connectivity index (χ0v) is 11.6. The molecule has 1 unspecified atom stereocenters. The van der Waals surface area contributed by atoms with Gasteiger partial charge in [0.05, 0.1) is 12.0 Å². The molecule has 0 aliphatic heterocycles. The third kappa shape index (κ3) is 3.76. The molecule has 0 saturated heterocycles. The first-order valence-electron chi connectivity index (χ1n) is 5.95. The largest absolute Gasteiger partial charge is 0.481 e. The minimum Gasteiger partial charge on any atom is -0.481 e. The van der Waals surface area contributed by atoms with Gasteiger partial charge in [-0.2, -0.15) is 0 Å². The van der Waals surface area contributed by atoms with E-state index in [4.69, 9.17) is 5.11 Å². The van der Waals surface area contributed by atoms with Crippen molar-refractivity contribution < 1.29 is 19.1 Å². The summed E-state index contributed by atoms with van der Waals surface area (Å²) in [6, 6.07) is 3.73. The molecule has 1 amide bonds. The van der Waals surface area contributed by atoms with E-state index in [1.54, 1.807) is 6.07 Å². The Morgan fingerprint density at radius 3 is 2.68 bits per heavy atom. The summed E-state index contributed by atoms with van der Waals surface area (Å²) >= 11 is 3.11. The van der Waals surface area contributed by atoms with E-state index in [1.165, 1.54) is 12.1 Å². The van der Waals surface area contributed by atoms with Crippen LogP contribution in [0.2, 0.25) is 0 Å². The monoisotopic (exact) mass is 329 g/mol. The number of carbonyl (C=O) groups excluding carboxylic acids is 1. The molecule has 1 atom stereocenters. The lowest BCUT2D eigenvalue weighted by Gasteiger charge is -2.16. The summed E-state index contributed by atoms with van der Waals surface area (Å²) in [4.78, 5) is 22.7. The molecular weight excluding hydrogens is 317 g/mol. The highest BCUT2D eigenvalue weighted by Crippen LogP contribution is 2.34. The van der Waals surface area contributed by atoms with E-state index in [1.807, 2.05) is 0 Å². The number of hydrogen-bond donors (Lipinski definition) is 2. The molecule has 19 heavy (non-hydrogen) atoms. The number of halogens is 2. The second-order valence-electron chi connectivity index (χ2n) is 4.64. The average Bonchev–Trinajstić information content (AvgIpc) is 3.10. The van der Waals surface area contributed by atoms with Crippen molar-refractivity contribution in [1.82, 2.24) is 5.32 Å². The van der Waals surface area contributed by atoms with Crippen molar-refractivity contribution >= 4 is 27.8 Å². The predicted octanol–water partition coefficient (Wildman–Crippen LogP) is 2.57. The van der Waals surface area contributed by atoms with Gasteiger partial charge < -0.3 is 10.4 Å². The first kappa shape index (κ1) is 14.0. The highest BCUT2D eigenvalue weighted by atomic mass is 79.9. The summed E-state index contributed by atoms with van der Waals surface area (Å²) in [5, 5.41) is 11.4. The van der Waals surface area contributed by atoms with Crippen molar-refractivity contribution in [3.8, 4) is 0 Å². The fourth-order valence-corrected chi connectivity index (χ4v) is 2.28. The molecule has 1 aromatic rings. The topological polar surface area (TPSA) is 66.4 Å². The summed E-state index contributed by atoms with van der Waals surface area (Å²) in [5.74, 6) is -1.97. The van der Waals surface area contributed by atoms with E-state index in [9.17, 15) is 14.0 Å². The van der Waals surface area contributed by atoms with E-state index < -0.39 is 23.7 Å². The van der Waals surface area contributed by atoms with Gasteiger partial charge in [0.2, 0.25) is 0 Å². The van der Waals surface area contributed by atoms with Gasteiger partial charge in [-0.05, 0) is 37.0 Å². The molecule has 0 radical (unpaired) electrons. The Morgan fingerprint density at radius 2 is 2.16 bits per heavy atom. The molecule has 0 spiro atoms. The van der Waals surface area contributed by atoms with E-state index in [0.717, 1.165) is 12.8 Å². The summed E-state index contributed by atoms with van der Waals surface area (Å²) in [7, 11) is 0. The van der Waals surface area contributed by atoms with Crippen molar-refractivity contribution in [2.75, 3.05) is 0 Å². The summed E-state index contributed by atoms with van der Waals surface area (Å²) < 4.78 is 14.2. The van der Waals surface area contributed by atoms with Crippen molar-refractivity contribution in [3.63, 3.8) is 0 Å². The number of nitrogens with one attached hydrogen (secondary N) is 1. The maximum atomic E-state index is 13.6. The quantitative estimate of drug-likeness (QED) is 0.872. The van der Waals surface area contributed by atoms with Crippen LogP contribution in [0.5, 0.6) is 0 Å². The van der Waals surface area contributed by atoms with Crippen molar-refractivity contribution in [3.05, 3.63) is 34.1 Å². The third-order valence-corrected chi connectivity index (χ3v) is 3.57. The highest BCUT2D eigenvalue weighted by Gasteiger charge is 2.34. The Morgan fingerprint density at radius 1 is 1.47 bits per heavy atom. The van der Waals surface area contributed by atoms with Crippen LogP contribution < -0.4 is 5.32 Å². The summed E-state index contributed by atoms with van der Waals surface area (Å²) in [5.41, 5.74) is -0.0701. The maximum absolute atomic E-state index is 13.6. The minimum atomic E-state index is -0.964. The molecule has 1 aliphatic rings. The third-order valence-electron chi connectivity index (χ3n) is 3.08. The molecule has 1 aliphatic carbocycles. The molecule has 1 saturated carbocycles. The molecule has 1 fully saturated rings. The maximum Gasteiger partial charge on any atom is 0.305 e. The van der Waals surface area contributed by atoms with Crippen LogP contribution in [0.4, 0.5) is 4.39 Å². The van der Waals surface area contributed by atoms with Crippen LogP contribution in [-0.2, 0) is 4.79 Å². The minimum absolute atomic E-state index is 0.0701. The van der Waals surface area contributed by atoms with Crippen molar-refractivity contribution in [2.24, 2.45) is 5.92 Å². The normalized spacial score (nSPS) is 15.9. The van der Waals surface area contributed by atoms with Gasteiger partial charge in [0.25, 0.3) is 5.91 Å². The lowest BCUT2D eigenvalue weighted by Crippen LogP contribution is -2.38. The number of benzene rings is 1. The molecule has 0 aromatic heterocycles. The van der Waals surface area contributed by atoms with E-state index in [2.05, 4.69) is 21.2 Å². The number of carboxylic acids is 1. The number of hydrogen-bond acceptors (Lipinski definition) is 2. The molecule has 2 N–H and O–H groups in total. The fraction of sp³-hybridized carbons (Fsp3) is 0.385. The van der Waals surface area contributed by atoms with Gasteiger partial charge in [-0.3, -0.25) is 9.59 Å². The Kier molecular flexibility index (Phi) is 4.19. The zero-order chi connectivity index (χ0) is 14.0. The van der Waals surface area contributed by atoms with Crippen molar-refractivity contribution in [1.29, 1.82) is 0 Å². The summed E-state index contributed by atoms with van der Waals surface area (Å²) in [6.45, 7) is 0. The van der Waals surface area contributed by atoms with Gasteiger partial charge in [-0.1, -0.05) is 15.9 Å². The molecule has 0 bridgehead atoms. The molecular formula is C13H13BrFNO3. The second kappa shape index (κ2) is 5.69. The first-order valence-corrected chi connectivity index (χ1v) is 6.74. The van der Waals surface area contributed by atoms with Crippen LogP contribution in [-0.4, -0.2) is 23.0 Å². The standard InChI is InChI=1S/C13H13BrFNO3/c14-8-3-4-9(10(15)5-8)13(19)16-11(6-12(17)18)7-1-2-7/h3-5,7,11H,1-2,6H2,(H,16,19)(H,17,18). The number of carbonyl (C=O) groups is 2. The average molecular weight is 330 g/mol. The Bertz CT molecular complexity index is 517. The summed E-state index contributed by atoms with van der Waals surface area (Å²) in [6.07, 6.45) is 1.68. The van der Waals surface area contributed by atoms with E-state index >= 15 is 0 Å². The molecule has 102 valence electrons. The van der Waals surface area contributed by atoms with Gasteiger partial charge in [0.15, 0.2) is 0 Å². The number of amides is 1. The number of carboxylic acid groups (broad SMARTS) is 1. The van der Waals surface area contributed by atoms with Crippen molar-refractivity contribution in [2.45, 2.75) is 25.3 Å². The smallest absolute Gasteiger partial charge is 0.305 e. The van der Waals surface area contributed by atoms with E-state index in [-0.39, 0.29) is 17.9 Å². The van der Waals surface area contributed by atoms with Crippen LogP contribution in [0, 0.1) is 11.7 Å². The molecule has 6 heteroatoms. The van der Waals surface area contributed by atoms with Gasteiger partial charge in [-0.25, -0.2) is 4.39 Å². The van der Waals surface area contributed by atoms with Gasteiger partial charge >= 0.3 is 5.97 Å². The van der Waals surface area contributed by atoms with Crippen LogP contribution in [0.25, 0.3) is 0 Å². The molecule has 1 aromatic carbocycles. The lowest BCUT2D eigenvalue weighted by molar-refractivity contribution is -0.137. The molecule has 4 nitrogen and oxygen atoms in total. The Balaban J connectivity index is 2.08. The van der Waals surface area contributed by atoms with Crippen LogP contribution in [0.3, 0.4) is 0 Å². The first-order chi connectivity index (χ1) is 8.97. The SMILES string of the molecule is O=C(O)CC(NC(=O)c1ccc(Br)cc1F)C1CC1. The lowest BCUT2D eigenvalue weighted by atomic mass is 10.1. The van der Waals surface area contributed by atoms with Crippen LogP contribution >= 0.6 is 15.9 Å². The number of rotatable bonds is 5. The van der Waals surface area contributed by atoms with Crippen LogP contribution in [0.15, 0.2) is 22.7 Å². The highest BCUT2D eigenvalue weighted by molar-refractivity contribution is 9.10. The number of aliphatic carboxylic acids is 1. The van der Waals surface area contributed by atoms with Gasteiger partial charge in [0, 0.05) is 10.5 Å². The Hall–Kier alpha value is -1.43. The molecule has 2 rings (SSSR count). The fourth-order valence-electron chi connectivity index (χ4n) is 1.94. The van der Waals surface area contributed by atoms with Gasteiger partial charge in [0.1, 0.15) is 5.82 Å². The predicted molar refractivity (Wildman–Crippen MR) is 70.3 cm³/mol. The van der Waals surface area contributed by atoms with E-state index in [0.29, 0.717) is 4.47 Å².